The molecule has 0 bridgehead atoms. The van der Waals surface area contributed by atoms with E-state index >= 15 is 0 Å². The fraction of sp³-hybridized carbons (Fsp3) is 0.611. The van der Waals surface area contributed by atoms with Crippen LogP contribution in [0.1, 0.15) is 29.6 Å². The maximum atomic E-state index is 12.8. The number of carbonyl (C=O) groups is 1. The van der Waals surface area contributed by atoms with Crippen LogP contribution in [-0.2, 0) is 10.0 Å². The summed E-state index contributed by atoms with van der Waals surface area (Å²) in [7, 11) is -1.58. The van der Waals surface area contributed by atoms with Crippen molar-refractivity contribution in [2.75, 3.05) is 46.3 Å². The predicted octanol–water partition coefficient (Wildman–Crippen LogP) is 0.495. The molecule has 1 aromatic carbocycles. The second-order valence-electron chi connectivity index (χ2n) is 7.14. The maximum Gasteiger partial charge on any atom is 0.253 e. The summed E-state index contributed by atoms with van der Waals surface area (Å²) in [5.41, 5.74) is 0.430. The molecule has 0 aromatic heterocycles. The minimum absolute atomic E-state index is 0.100. The second-order valence-corrected chi connectivity index (χ2v) is 8.86. The molecule has 0 saturated carbocycles. The van der Waals surface area contributed by atoms with Crippen molar-refractivity contribution in [3.05, 3.63) is 29.8 Å². The van der Waals surface area contributed by atoms with Gasteiger partial charge < -0.3 is 15.1 Å². The predicted molar refractivity (Wildman–Crippen MR) is 101 cm³/mol. The summed E-state index contributed by atoms with van der Waals surface area (Å²) in [4.78, 5) is 17.0. The number of piperidine rings is 1. The Bertz CT molecular complexity index is 732. The van der Waals surface area contributed by atoms with E-state index in [0.717, 1.165) is 38.9 Å². The zero-order valence-electron chi connectivity index (χ0n) is 15.3. The molecule has 3 rings (SSSR count). The monoisotopic (exact) mass is 380 g/mol. The Kier molecular flexibility index (Phi) is 6.29. The third-order valence-corrected chi connectivity index (χ3v) is 6.53. The van der Waals surface area contributed by atoms with Crippen LogP contribution < -0.4 is 10.0 Å². The fourth-order valence-electron chi connectivity index (χ4n) is 3.47. The van der Waals surface area contributed by atoms with Crippen LogP contribution in [0.25, 0.3) is 0 Å². The largest absolute Gasteiger partial charge is 0.337 e. The van der Waals surface area contributed by atoms with E-state index in [2.05, 4.69) is 14.9 Å². The molecule has 26 heavy (non-hydrogen) atoms. The van der Waals surface area contributed by atoms with Crippen LogP contribution in [0.3, 0.4) is 0 Å². The van der Waals surface area contributed by atoms with Gasteiger partial charge in [-0.25, -0.2) is 13.1 Å². The Balaban J connectivity index is 1.73. The Hall–Kier alpha value is -1.48. The molecule has 2 N–H and O–H groups in total. The average molecular weight is 381 g/mol. The molecule has 1 amide bonds. The van der Waals surface area contributed by atoms with Gasteiger partial charge in [0, 0.05) is 37.8 Å². The van der Waals surface area contributed by atoms with E-state index in [1.54, 1.807) is 18.2 Å². The van der Waals surface area contributed by atoms with Crippen molar-refractivity contribution < 1.29 is 13.2 Å². The first-order valence-corrected chi connectivity index (χ1v) is 10.7. The van der Waals surface area contributed by atoms with Crippen LogP contribution in [0.5, 0.6) is 0 Å². The van der Waals surface area contributed by atoms with Crippen LogP contribution >= 0.6 is 0 Å². The highest BCUT2D eigenvalue weighted by Crippen LogP contribution is 2.16. The maximum absolute atomic E-state index is 12.8. The number of hydrogen-bond donors (Lipinski definition) is 2. The molecule has 2 saturated heterocycles. The molecule has 2 fully saturated rings. The van der Waals surface area contributed by atoms with Crippen molar-refractivity contribution >= 4 is 15.9 Å². The summed E-state index contributed by atoms with van der Waals surface area (Å²) < 4.78 is 28.1. The van der Waals surface area contributed by atoms with Gasteiger partial charge in [0.1, 0.15) is 0 Å². The number of rotatable bonds is 4. The van der Waals surface area contributed by atoms with Gasteiger partial charge in [-0.15, -0.1) is 0 Å². The quantitative estimate of drug-likeness (QED) is 0.795. The number of carbonyl (C=O) groups excluding carboxylic acids is 1. The SMILES string of the molecule is CN1CCCN(C(=O)c2cccc(S(=O)(=O)N[C@@H]3CCCNC3)c2)CC1. The number of nitrogens with zero attached hydrogens (tertiary/aromatic N) is 2. The topological polar surface area (TPSA) is 81.8 Å². The molecule has 144 valence electrons. The third kappa shape index (κ3) is 4.82. The molecule has 8 heteroatoms. The van der Waals surface area contributed by atoms with E-state index in [-0.39, 0.29) is 16.8 Å². The Morgan fingerprint density at radius 1 is 1.19 bits per heavy atom. The number of likely N-dealkylation sites (N-methyl/N-ethyl adjacent to an activating group) is 1. The Morgan fingerprint density at radius 2 is 2.04 bits per heavy atom. The Morgan fingerprint density at radius 3 is 2.81 bits per heavy atom. The summed E-state index contributed by atoms with van der Waals surface area (Å²) in [5, 5.41) is 3.20. The third-order valence-electron chi connectivity index (χ3n) is 5.02. The molecular weight excluding hydrogens is 352 g/mol. The van der Waals surface area contributed by atoms with Crippen molar-refractivity contribution in [3.8, 4) is 0 Å². The van der Waals surface area contributed by atoms with E-state index in [1.165, 1.54) is 6.07 Å². The van der Waals surface area contributed by atoms with Crippen molar-refractivity contribution in [1.82, 2.24) is 19.8 Å². The number of amides is 1. The molecular formula is C18H28N4O3S. The average Bonchev–Trinajstić information content (AvgIpc) is 2.86. The first-order chi connectivity index (χ1) is 12.5. The fourth-order valence-corrected chi connectivity index (χ4v) is 4.78. The van der Waals surface area contributed by atoms with Crippen LogP contribution in [0.2, 0.25) is 0 Å². The molecule has 1 atom stereocenters. The highest BCUT2D eigenvalue weighted by Gasteiger charge is 2.24. The number of benzene rings is 1. The molecule has 1 aromatic rings. The molecule has 0 radical (unpaired) electrons. The van der Waals surface area contributed by atoms with Gasteiger partial charge >= 0.3 is 0 Å². The van der Waals surface area contributed by atoms with Gasteiger partial charge in [-0.05, 0) is 57.6 Å². The van der Waals surface area contributed by atoms with Crippen LogP contribution in [0, 0.1) is 0 Å². The van der Waals surface area contributed by atoms with E-state index in [4.69, 9.17) is 0 Å². The van der Waals surface area contributed by atoms with Crippen molar-refractivity contribution in [2.45, 2.75) is 30.2 Å². The van der Waals surface area contributed by atoms with Gasteiger partial charge in [0.05, 0.1) is 4.90 Å². The molecule has 2 aliphatic heterocycles. The number of sulfonamides is 1. The molecule has 7 nitrogen and oxygen atoms in total. The molecule has 2 aliphatic rings. The lowest BCUT2D eigenvalue weighted by Crippen LogP contribution is -2.45. The smallest absolute Gasteiger partial charge is 0.253 e. The minimum atomic E-state index is -3.63. The molecule has 2 heterocycles. The van der Waals surface area contributed by atoms with Crippen LogP contribution in [0.4, 0.5) is 0 Å². The minimum Gasteiger partial charge on any atom is -0.337 e. The van der Waals surface area contributed by atoms with E-state index in [0.29, 0.717) is 25.2 Å². The van der Waals surface area contributed by atoms with Crippen molar-refractivity contribution in [2.24, 2.45) is 0 Å². The first kappa shape index (κ1) is 19.3. The highest BCUT2D eigenvalue weighted by molar-refractivity contribution is 7.89. The summed E-state index contributed by atoms with van der Waals surface area (Å²) in [6.45, 7) is 4.73. The van der Waals surface area contributed by atoms with Crippen molar-refractivity contribution in [1.29, 1.82) is 0 Å². The normalized spacial score (nSPS) is 22.8. The summed E-state index contributed by atoms with van der Waals surface area (Å²) in [6, 6.07) is 6.28. The lowest BCUT2D eigenvalue weighted by atomic mass is 10.1. The first-order valence-electron chi connectivity index (χ1n) is 9.27. The lowest BCUT2D eigenvalue weighted by molar-refractivity contribution is 0.0762. The van der Waals surface area contributed by atoms with Gasteiger partial charge in [0.15, 0.2) is 0 Å². The summed E-state index contributed by atoms with van der Waals surface area (Å²) >= 11 is 0. The van der Waals surface area contributed by atoms with Crippen LogP contribution in [-0.4, -0.2) is 76.5 Å². The Labute approximate surface area is 155 Å². The van der Waals surface area contributed by atoms with E-state index in [1.807, 2.05) is 11.9 Å². The van der Waals surface area contributed by atoms with Crippen LogP contribution in [0.15, 0.2) is 29.2 Å². The zero-order valence-corrected chi connectivity index (χ0v) is 16.1. The molecule has 0 spiro atoms. The standard InChI is InChI=1S/C18H28N4O3S/c1-21-9-4-10-22(12-11-21)18(23)15-5-2-7-17(13-15)26(24,25)20-16-6-3-8-19-14-16/h2,5,7,13,16,19-20H,3-4,6,8-12,14H2,1H3/t16-/m1/s1. The lowest BCUT2D eigenvalue weighted by Gasteiger charge is -2.24. The summed E-state index contributed by atoms with van der Waals surface area (Å²) in [5.74, 6) is -0.100. The van der Waals surface area contributed by atoms with Gasteiger partial charge in [-0.2, -0.15) is 0 Å². The van der Waals surface area contributed by atoms with Gasteiger partial charge in [-0.1, -0.05) is 6.07 Å². The van der Waals surface area contributed by atoms with Gasteiger partial charge in [-0.3, -0.25) is 4.79 Å². The zero-order chi connectivity index (χ0) is 18.6. The number of nitrogens with one attached hydrogen (secondary N) is 2. The second kappa shape index (κ2) is 8.47. The van der Waals surface area contributed by atoms with Gasteiger partial charge in [0.2, 0.25) is 10.0 Å². The molecule has 0 unspecified atom stereocenters. The highest BCUT2D eigenvalue weighted by atomic mass is 32.2. The number of hydrogen-bond acceptors (Lipinski definition) is 5. The summed E-state index contributed by atoms with van der Waals surface area (Å²) in [6.07, 6.45) is 2.71. The van der Waals surface area contributed by atoms with Crippen molar-refractivity contribution in [3.63, 3.8) is 0 Å². The molecule has 0 aliphatic carbocycles. The van der Waals surface area contributed by atoms with Gasteiger partial charge in [0.25, 0.3) is 5.91 Å². The van der Waals surface area contributed by atoms with E-state index < -0.39 is 10.0 Å². The van der Waals surface area contributed by atoms with E-state index in [9.17, 15) is 13.2 Å².